The highest BCUT2D eigenvalue weighted by molar-refractivity contribution is 5.87. The fourth-order valence-corrected chi connectivity index (χ4v) is 8.23. The van der Waals surface area contributed by atoms with Gasteiger partial charge in [-0.3, -0.25) is 14.4 Å². The van der Waals surface area contributed by atoms with Crippen LogP contribution >= 0.6 is 0 Å². The van der Waals surface area contributed by atoms with E-state index >= 15 is 0 Å². The number of ketones is 1. The smallest absolute Gasteiger partial charge is 0.226 e. The van der Waals surface area contributed by atoms with Crippen molar-refractivity contribution in [1.29, 1.82) is 0 Å². The number of carbonyl (C=O) groups is 3. The van der Waals surface area contributed by atoms with E-state index in [9.17, 15) is 14.4 Å². The summed E-state index contributed by atoms with van der Waals surface area (Å²) in [6, 6.07) is 0. The van der Waals surface area contributed by atoms with Crippen LogP contribution in [0.4, 0.5) is 0 Å². The molecule has 0 radical (unpaired) electrons. The minimum Gasteiger partial charge on any atom is -0.349 e. The molecule has 0 N–H and O–H groups in total. The van der Waals surface area contributed by atoms with Gasteiger partial charge in [-0.2, -0.15) is 0 Å². The van der Waals surface area contributed by atoms with Crippen LogP contribution in [-0.2, 0) is 14.4 Å². The molecule has 5 nitrogen and oxygen atoms in total. The molecule has 0 aromatic carbocycles. The maximum atomic E-state index is 13.8. The fourth-order valence-electron chi connectivity index (χ4n) is 8.23. The minimum atomic E-state index is -0.232. The molecular formula is C27H42N2O3. The Morgan fingerprint density at radius 2 is 1.94 bits per heavy atom. The van der Waals surface area contributed by atoms with Crippen LogP contribution in [0.2, 0.25) is 0 Å². The van der Waals surface area contributed by atoms with Crippen molar-refractivity contribution in [2.75, 3.05) is 21.1 Å². The molecule has 7 atom stereocenters. The molecule has 4 rings (SSSR count). The lowest BCUT2D eigenvalue weighted by Crippen LogP contribution is -2.57. The van der Waals surface area contributed by atoms with E-state index in [2.05, 4.69) is 26.8 Å². The van der Waals surface area contributed by atoms with Gasteiger partial charge >= 0.3 is 0 Å². The Morgan fingerprint density at radius 1 is 1.22 bits per heavy atom. The molecule has 5 heteroatoms. The van der Waals surface area contributed by atoms with E-state index in [-0.39, 0.29) is 22.6 Å². The summed E-state index contributed by atoms with van der Waals surface area (Å²) in [5, 5.41) is 0. The zero-order valence-corrected chi connectivity index (χ0v) is 20.9. The van der Waals surface area contributed by atoms with Crippen LogP contribution in [0.25, 0.3) is 0 Å². The number of hydrogen-bond acceptors (Lipinski definition) is 3. The molecule has 0 unspecified atom stereocenters. The second-order valence-electron chi connectivity index (χ2n) is 11.8. The highest BCUT2D eigenvalue weighted by Crippen LogP contribution is 2.65. The quantitative estimate of drug-likeness (QED) is 0.622. The molecule has 0 aromatic heterocycles. The molecule has 4 aliphatic rings. The second-order valence-corrected chi connectivity index (χ2v) is 11.8. The first-order chi connectivity index (χ1) is 15.0. The Balaban J connectivity index is 1.52. The third kappa shape index (κ3) is 3.45. The highest BCUT2D eigenvalue weighted by Gasteiger charge is 2.63. The average molecular weight is 443 g/mol. The lowest BCUT2D eigenvalue weighted by Gasteiger charge is -2.58. The van der Waals surface area contributed by atoms with E-state index in [4.69, 9.17) is 0 Å². The van der Waals surface area contributed by atoms with E-state index in [1.54, 1.807) is 4.90 Å². The number of Topliss-reactive ketones (excluding diaryl/α,β-unsaturated/α-hetero) is 1. The van der Waals surface area contributed by atoms with Crippen molar-refractivity contribution >= 4 is 17.6 Å². The van der Waals surface area contributed by atoms with E-state index in [1.165, 1.54) is 5.70 Å². The third-order valence-electron chi connectivity index (χ3n) is 10.2. The molecule has 0 bridgehead atoms. The van der Waals surface area contributed by atoms with Crippen molar-refractivity contribution in [1.82, 2.24) is 9.80 Å². The predicted octanol–water partition coefficient (Wildman–Crippen LogP) is 4.66. The van der Waals surface area contributed by atoms with Gasteiger partial charge < -0.3 is 9.80 Å². The summed E-state index contributed by atoms with van der Waals surface area (Å²) < 4.78 is 0. The molecule has 2 amide bonds. The summed E-state index contributed by atoms with van der Waals surface area (Å²) in [5.74, 6) is 3.09. The molecule has 0 spiro atoms. The van der Waals surface area contributed by atoms with E-state index < -0.39 is 0 Å². The predicted molar refractivity (Wildman–Crippen MR) is 125 cm³/mol. The minimum absolute atomic E-state index is 0.0567. The molecule has 1 aliphatic heterocycles. The summed E-state index contributed by atoms with van der Waals surface area (Å²) in [4.78, 5) is 41.7. The van der Waals surface area contributed by atoms with Gasteiger partial charge in [-0.15, -0.1) is 0 Å². The zero-order chi connectivity index (χ0) is 23.4. The number of likely N-dealkylation sites (tertiary alicyclic amines) is 1. The molecule has 32 heavy (non-hydrogen) atoms. The first kappa shape index (κ1) is 23.5. The first-order valence-electron chi connectivity index (χ1n) is 12.7. The van der Waals surface area contributed by atoms with Crippen LogP contribution in [0.1, 0.15) is 78.6 Å². The third-order valence-corrected chi connectivity index (χ3v) is 10.2. The molecule has 1 saturated heterocycles. The van der Waals surface area contributed by atoms with Gasteiger partial charge in [0, 0.05) is 56.9 Å². The Labute approximate surface area is 194 Å². The summed E-state index contributed by atoms with van der Waals surface area (Å²) in [7, 11) is 5.54. The summed E-state index contributed by atoms with van der Waals surface area (Å²) in [6.07, 6.45) is 10.2. The standard InChI is InChI=1S/C27H42N2O3/c1-17(8-7-9-24(31)28(4)5)19-11-12-20-18-10-13-22-26(2,15-14-25(32)29(22)6)21(18)16-23(30)27(19,20)3/h13,17-21H,7-12,14-16H2,1-6H3/t17-,18+,19-,20+,21+,26-,27-/m1/s1. The number of amides is 2. The lowest BCUT2D eigenvalue weighted by atomic mass is 9.48. The number of carbonyl (C=O) groups excluding carboxylic acids is 3. The Kier molecular flexibility index (Phi) is 6.09. The van der Waals surface area contributed by atoms with E-state index in [1.807, 2.05) is 26.0 Å². The van der Waals surface area contributed by atoms with Crippen molar-refractivity contribution in [3.05, 3.63) is 11.8 Å². The van der Waals surface area contributed by atoms with Crippen molar-refractivity contribution in [3.8, 4) is 0 Å². The summed E-state index contributed by atoms with van der Waals surface area (Å²) >= 11 is 0. The highest BCUT2D eigenvalue weighted by atomic mass is 16.2. The number of hydrogen-bond donors (Lipinski definition) is 0. The van der Waals surface area contributed by atoms with Crippen molar-refractivity contribution in [3.63, 3.8) is 0 Å². The Morgan fingerprint density at radius 3 is 2.62 bits per heavy atom. The van der Waals surface area contributed by atoms with Gasteiger partial charge in [0.05, 0.1) is 0 Å². The second kappa shape index (κ2) is 8.29. The van der Waals surface area contributed by atoms with Gasteiger partial charge in [-0.05, 0) is 68.1 Å². The Bertz CT molecular complexity index is 833. The molecule has 1 heterocycles. The van der Waals surface area contributed by atoms with E-state index in [0.717, 1.165) is 38.5 Å². The molecule has 0 aromatic rings. The molecule has 3 aliphatic carbocycles. The van der Waals surface area contributed by atoms with Crippen LogP contribution < -0.4 is 0 Å². The largest absolute Gasteiger partial charge is 0.349 e. The van der Waals surface area contributed by atoms with Gasteiger partial charge in [0.15, 0.2) is 0 Å². The summed E-state index contributed by atoms with van der Waals surface area (Å²) in [5.41, 5.74) is 0.878. The van der Waals surface area contributed by atoms with Crippen LogP contribution in [0.5, 0.6) is 0 Å². The number of allylic oxidation sites excluding steroid dienone is 2. The number of rotatable bonds is 5. The van der Waals surface area contributed by atoms with Crippen LogP contribution in [0, 0.1) is 40.4 Å². The van der Waals surface area contributed by atoms with Gasteiger partial charge in [0.1, 0.15) is 5.78 Å². The van der Waals surface area contributed by atoms with Gasteiger partial charge in [0.25, 0.3) is 0 Å². The van der Waals surface area contributed by atoms with Gasteiger partial charge in [0.2, 0.25) is 11.8 Å². The van der Waals surface area contributed by atoms with Crippen molar-refractivity contribution in [2.24, 2.45) is 40.4 Å². The first-order valence-corrected chi connectivity index (χ1v) is 12.7. The van der Waals surface area contributed by atoms with Crippen LogP contribution in [-0.4, -0.2) is 48.5 Å². The van der Waals surface area contributed by atoms with Crippen molar-refractivity contribution < 1.29 is 14.4 Å². The monoisotopic (exact) mass is 442 g/mol. The molecule has 178 valence electrons. The van der Waals surface area contributed by atoms with E-state index in [0.29, 0.717) is 54.6 Å². The van der Waals surface area contributed by atoms with Crippen LogP contribution in [0.15, 0.2) is 11.8 Å². The Hall–Kier alpha value is -1.65. The zero-order valence-electron chi connectivity index (χ0n) is 20.9. The van der Waals surface area contributed by atoms with Crippen LogP contribution in [0.3, 0.4) is 0 Å². The summed E-state index contributed by atoms with van der Waals surface area (Å²) in [6.45, 7) is 6.89. The molecular weight excluding hydrogens is 400 g/mol. The maximum Gasteiger partial charge on any atom is 0.226 e. The normalized spacial score (nSPS) is 39.7. The topological polar surface area (TPSA) is 57.7 Å². The van der Waals surface area contributed by atoms with Gasteiger partial charge in [-0.25, -0.2) is 0 Å². The van der Waals surface area contributed by atoms with Gasteiger partial charge in [-0.1, -0.05) is 26.8 Å². The average Bonchev–Trinajstić information content (AvgIpc) is 3.10. The molecule has 3 fully saturated rings. The number of fused-ring (bicyclic) bond motifs is 5. The van der Waals surface area contributed by atoms with Crippen molar-refractivity contribution in [2.45, 2.75) is 78.6 Å². The number of nitrogens with zero attached hydrogens (tertiary/aromatic N) is 2. The number of piperidine rings is 1. The lowest BCUT2D eigenvalue weighted by molar-refractivity contribution is -0.150. The fraction of sp³-hybridized carbons (Fsp3) is 0.815. The molecule has 2 saturated carbocycles. The maximum absolute atomic E-state index is 13.8. The SMILES string of the molecule is C[C@H](CCCC(=O)N(C)C)[C@H]1CC[C@H]2[C@@H]3CC=C4N(C)C(=O)CC[C@]4(C)[C@H]3CC(=O)[C@]12C.